The van der Waals surface area contributed by atoms with Gasteiger partial charge in [-0.25, -0.2) is 17.4 Å². The van der Waals surface area contributed by atoms with Crippen LogP contribution in [0.3, 0.4) is 0 Å². The van der Waals surface area contributed by atoms with Crippen LogP contribution in [0.2, 0.25) is 0 Å². The Morgan fingerprint density at radius 3 is 2.56 bits per heavy atom. The molecule has 0 bridgehead atoms. The van der Waals surface area contributed by atoms with Crippen LogP contribution in [0.4, 0.5) is 0 Å². The zero-order valence-electron chi connectivity index (χ0n) is 15.6. The SMILES string of the molecule is CN(C)S(=O)(=O)c1ccc(OCCSc2nnnn2C2CCCCC2)cc1. The van der Waals surface area contributed by atoms with Gasteiger partial charge in [0.25, 0.3) is 0 Å². The van der Waals surface area contributed by atoms with Gasteiger partial charge in [-0.3, -0.25) is 0 Å². The first-order chi connectivity index (χ1) is 13.0. The van der Waals surface area contributed by atoms with Gasteiger partial charge in [0.05, 0.1) is 17.5 Å². The summed E-state index contributed by atoms with van der Waals surface area (Å²) in [5.74, 6) is 1.35. The van der Waals surface area contributed by atoms with Crippen LogP contribution in [0.25, 0.3) is 0 Å². The van der Waals surface area contributed by atoms with Crippen molar-refractivity contribution < 1.29 is 13.2 Å². The van der Waals surface area contributed by atoms with Gasteiger partial charge in [0.15, 0.2) is 0 Å². The molecule has 0 aliphatic heterocycles. The van der Waals surface area contributed by atoms with E-state index in [-0.39, 0.29) is 4.90 Å². The van der Waals surface area contributed by atoms with Crippen LogP contribution < -0.4 is 4.74 Å². The normalized spacial score (nSPS) is 16.0. The third-order valence-electron chi connectivity index (χ3n) is 4.57. The number of sulfonamides is 1. The first-order valence-electron chi connectivity index (χ1n) is 9.04. The van der Waals surface area contributed by atoms with Crippen molar-refractivity contribution in [3.05, 3.63) is 24.3 Å². The lowest BCUT2D eigenvalue weighted by Crippen LogP contribution is -2.22. The Morgan fingerprint density at radius 2 is 1.89 bits per heavy atom. The van der Waals surface area contributed by atoms with Gasteiger partial charge in [0.1, 0.15) is 5.75 Å². The second-order valence-electron chi connectivity index (χ2n) is 6.65. The van der Waals surface area contributed by atoms with E-state index in [4.69, 9.17) is 4.74 Å². The second-order valence-corrected chi connectivity index (χ2v) is 9.87. The van der Waals surface area contributed by atoms with E-state index in [9.17, 15) is 8.42 Å². The summed E-state index contributed by atoms with van der Waals surface area (Å²) in [6.07, 6.45) is 6.03. The van der Waals surface area contributed by atoms with Crippen molar-refractivity contribution in [2.75, 3.05) is 26.5 Å². The van der Waals surface area contributed by atoms with Crippen LogP contribution in [-0.4, -0.2) is 59.4 Å². The molecule has 1 aliphatic rings. The number of aromatic nitrogens is 4. The molecule has 1 fully saturated rings. The van der Waals surface area contributed by atoms with Crippen LogP contribution in [-0.2, 0) is 10.0 Å². The molecule has 0 saturated heterocycles. The molecule has 10 heteroatoms. The van der Waals surface area contributed by atoms with E-state index in [1.165, 1.54) is 37.7 Å². The van der Waals surface area contributed by atoms with Crippen molar-refractivity contribution in [3.8, 4) is 5.75 Å². The molecule has 27 heavy (non-hydrogen) atoms. The summed E-state index contributed by atoms with van der Waals surface area (Å²) in [6, 6.07) is 6.87. The Bertz CT molecular complexity index is 831. The van der Waals surface area contributed by atoms with Crippen molar-refractivity contribution in [1.82, 2.24) is 24.5 Å². The average Bonchev–Trinajstić information content (AvgIpc) is 3.15. The van der Waals surface area contributed by atoms with Gasteiger partial charge in [-0.05, 0) is 47.5 Å². The fourth-order valence-electron chi connectivity index (χ4n) is 3.05. The average molecular weight is 412 g/mol. The minimum atomic E-state index is -3.42. The molecule has 1 aromatic heterocycles. The highest BCUT2D eigenvalue weighted by Gasteiger charge is 2.20. The molecule has 8 nitrogen and oxygen atoms in total. The van der Waals surface area contributed by atoms with Crippen molar-refractivity contribution in [3.63, 3.8) is 0 Å². The zero-order chi connectivity index (χ0) is 19.3. The first kappa shape index (κ1) is 20.1. The first-order valence-corrected chi connectivity index (χ1v) is 11.5. The molecule has 1 heterocycles. The number of thioether (sulfide) groups is 1. The minimum Gasteiger partial charge on any atom is -0.493 e. The van der Waals surface area contributed by atoms with E-state index in [0.717, 1.165) is 18.0 Å². The van der Waals surface area contributed by atoms with E-state index in [2.05, 4.69) is 15.5 Å². The molecule has 0 N–H and O–H groups in total. The van der Waals surface area contributed by atoms with Crippen molar-refractivity contribution in [2.45, 2.75) is 48.2 Å². The molecule has 0 spiro atoms. The minimum absolute atomic E-state index is 0.251. The monoisotopic (exact) mass is 411 g/mol. The van der Waals surface area contributed by atoms with E-state index in [0.29, 0.717) is 24.2 Å². The maximum absolute atomic E-state index is 12.1. The molecule has 0 atom stereocenters. The fourth-order valence-corrected chi connectivity index (χ4v) is 4.71. The van der Waals surface area contributed by atoms with Gasteiger partial charge in [-0.2, -0.15) is 0 Å². The molecular weight excluding hydrogens is 386 g/mol. The molecule has 1 aromatic carbocycles. The molecule has 1 aliphatic carbocycles. The van der Waals surface area contributed by atoms with Crippen molar-refractivity contribution in [2.24, 2.45) is 0 Å². The van der Waals surface area contributed by atoms with E-state index >= 15 is 0 Å². The Kier molecular flexibility index (Phi) is 6.72. The number of benzene rings is 1. The molecule has 0 amide bonds. The van der Waals surface area contributed by atoms with Gasteiger partial charge in [-0.15, -0.1) is 5.10 Å². The van der Waals surface area contributed by atoms with E-state index < -0.39 is 10.0 Å². The van der Waals surface area contributed by atoms with Crippen LogP contribution in [0.15, 0.2) is 34.3 Å². The van der Waals surface area contributed by atoms with Crippen LogP contribution in [0.1, 0.15) is 38.1 Å². The number of tetrazole rings is 1. The smallest absolute Gasteiger partial charge is 0.242 e. The molecule has 1 saturated carbocycles. The zero-order valence-corrected chi connectivity index (χ0v) is 17.2. The summed E-state index contributed by atoms with van der Waals surface area (Å²) in [6.45, 7) is 0.488. The maximum Gasteiger partial charge on any atom is 0.242 e. The number of hydrogen-bond donors (Lipinski definition) is 0. The summed E-state index contributed by atoms with van der Waals surface area (Å²) < 4.78 is 33.0. The Hall–Kier alpha value is -1.65. The fraction of sp³-hybridized carbons (Fsp3) is 0.588. The molecule has 2 aromatic rings. The summed E-state index contributed by atoms with van der Waals surface area (Å²) in [7, 11) is -0.392. The van der Waals surface area contributed by atoms with E-state index in [1.807, 2.05) is 4.68 Å². The predicted molar refractivity (Wildman–Crippen MR) is 103 cm³/mol. The largest absolute Gasteiger partial charge is 0.493 e. The third kappa shape index (κ3) is 4.99. The molecule has 0 unspecified atom stereocenters. The molecule has 3 rings (SSSR count). The van der Waals surface area contributed by atoms with Crippen molar-refractivity contribution in [1.29, 1.82) is 0 Å². The third-order valence-corrected chi connectivity index (χ3v) is 7.30. The number of nitrogens with zero attached hydrogens (tertiary/aromatic N) is 5. The van der Waals surface area contributed by atoms with Gasteiger partial charge >= 0.3 is 0 Å². The topological polar surface area (TPSA) is 90.2 Å². The summed E-state index contributed by atoms with van der Waals surface area (Å²) >= 11 is 1.58. The second kappa shape index (κ2) is 9.03. The summed E-state index contributed by atoms with van der Waals surface area (Å²) in [5.41, 5.74) is 0. The number of ether oxygens (including phenoxy) is 1. The van der Waals surface area contributed by atoms with E-state index in [1.54, 1.807) is 36.0 Å². The Labute approximate surface area is 164 Å². The molecular formula is C17H25N5O3S2. The molecule has 148 valence electrons. The van der Waals surface area contributed by atoms with Crippen LogP contribution in [0.5, 0.6) is 5.75 Å². The van der Waals surface area contributed by atoms with Gasteiger partial charge < -0.3 is 4.74 Å². The van der Waals surface area contributed by atoms with Crippen LogP contribution in [0, 0.1) is 0 Å². The molecule has 0 radical (unpaired) electrons. The van der Waals surface area contributed by atoms with Gasteiger partial charge in [-0.1, -0.05) is 31.0 Å². The summed E-state index contributed by atoms with van der Waals surface area (Å²) in [4.78, 5) is 0.251. The van der Waals surface area contributed by atoms with Gasteiger partial charge in [0.2, 0.25) is 15.2 Å². The Morgan fingerprint density at radius 1 is 1.19 bits per heavy atom. The standard InChI is InChI=1S/C17H25N5O3S2/c1-21(2)27(23,24)16-10-8-15(9-11-16)25-12-13-26-17-18-19-20-22(17)14-6-4-3-5-7-14/h8-11,14H,3-7,12-13H2,1-2H3. The number of hydrogen-bond acceptors (Lipinski definition) is 7. The quantitative estimate of drug-likeness (QED) is 0.487. The highest BCUT2D eigenvalue weighted by Crippen LogP contribution is 2.30. The van der Waals surface area contributed by atoms with Crippen molar-refractivity contribution >= 4 is 21.8 Å². The number of rotatable bonds is 8. The highest BCUT2D eigenvalue weighted by atomic mass is 32.2. The Balaban J connectivity index is 1.49. The predicted octanol–water partition coefficient (Wildman–Crippen LogP) is 2.60. The lowest BCUT2D eigenvalue weighted by atomic mass is 9.96. The summed E-state index contributed by atoms with van der Waals surface area (Å²) in [5, 5.41) is 12.9. The maximum atomic E-state index is 12.1. The lowest BCUT2D eigenvalue weighted by molar-refractivity contribution is 0.307. The van der Waals surface area contributed by atoms with Crippen LogP contribution >= 0.6 is 11.8 Å². The lowest BCUT2D eigenvalue weighted by Gasteiger charge is -2.21. The highest BCUT2D eigenvalue weighted by molar-refractivity contribution is 7.99. The van der Waals surface area contributed by atoms with Gasteiger partial charge in [0, 0.05) is 19.8 Å².